The second kappa shape index (κ2) is 28.3. The van der Waals surface area contributed by atoms with Crippen LogP contribution in [0.25, 0.3) is 222 Å². The molecule has 0 saturated carbocycles. The van der Waals surface area contributed by atoms with Gasteiger partial charge in [0.25, 0.3) is 0 Å². The molecule has 8 heteroatoms. The van der Waals surface area contributed by atoms with Crippen LogP contribution in [0.15, 0.2) is 419 Å². The third-order valence-corrected chi connectivity index (χ3v) is 23.9. The maximum atomic E-state index is 6.88. The molecule has 0 aliphatic heterocycles. The summed E-state index contributed by atoms with van der Waals surface area (Å²) in [5.41, 5.74) is 28.1. The first-order valence-electron chi connectivity index (χ1n) is 40.6. The fourth-order valence-electron chi connectivity index (χ4n) is 18.2. The summed E-state index contributed by atoms with van der Waals surface area (Å²) in [4.78, 5) is 24.7. The molecular formula is C111H72N8. The number of hydrogen-bond donors (Lipinski definition) is 0. The van der Waals surface area contributed by atoms with Gasteiger partial charge >= 0.3 is 0 Å². The Morgan fingerprint density at radius 2 is 0.353 bits per heavy atom. The Balaban J connectivity index is 0.993. The minimum Gasteiger partial charge on any atom is -0.305 e. The van der Waals surface area contributed by atoms with Crippen molar-refractivity contribution in [3.8, 4) is 135 Å². The van der Waals surface area contributed by atoms with Gasteiger partial charge in [-0.1, -0.05) is 327 Å². The van der Waals surface area contributed by atoms with Gasteiger partial charge in [-0.2, -0.15) is 0 Å². The van der Waals surface area contributed by atoms with Gasteiger partial charge in [0.15, 0.2) is 29.1 Å². The molecule has 0 radical (unpaired) electrons. The molecule has 6 heterocycles. The Labute approximate surface area is 687 Å². The topological polar surface area (TPSA) is 71.3 Å². The molecule has 556 valence electrons. The molecule has 6 aromatic heterocycles. The highest BCUT2D eigenvalue weighted by Crippen LogP contribution is 2.51. The van der Waals surface area contributed by atoms with Crippen molar-refractivity contribution < 1.29 is 0 Å². The third-order valence-electron chi connectivity index (χ3n) is 23.9. The number of aryl methyl sites for hydroxylation is 1. The Hall–Kier alpha value is -15.9. The van der Waals surface area contributed by atoms with Gasteiger partial charge < -0.3 is 9.13 Å². The molecule has 17 aromatic carbocycles. The first kappa shape index (κ1) is 68.7. The van der Waals surface area contributed by atoms with Crippen molar-refractivity contribution in [2.45, 2.75) is 6.92 Å². The summed E-state index contributed by atoms with van der Waals surface area (Å²) in [7, 11) is 0. The van der Waals surface area contributed by atoms with Gasteiger partial charge in [-0.15, -0.1) is 0 Å². The van der Waals surface area contributed by atoms with E-state index in [-0.39, 0.29) is 0 Å². The molecule has 23 aromatic rings. The number of pyridine rings is 1. The largest absolute Gasteiger partial charge is 0.305 e. The van der Waals surface area contributed by atoms with Crippen molar-refractivity contribution in [2.24, 2.45) is 0 Å². The predicted molar refractivity (Wildman–Crippen MR) is 494 cm³/mol. The molecule has 0 amide bonds. The average Bonchev–Trinajstić information content (AvgIpc) is 1.55. The second-order valence-electron chi connectivity index (χ2n) is 30.9. The van der Waals surface area contributed by atoms with Gasteiger partial charge in [0.1, 0.15) is 11.4 Å². The number of nitrogens with zero attached hydrogens (tertiary/aromatic N) is 8. The van der Waals surface area contributed by atoms with E-state index in [9.17, 15) is 0 Å². The molecule has 0 saturated heterocycles. The van der Waals surface area contributed by atoms with E-state index >= 15 is 0 Å². The second-order valence-corrected chi connectivity index (χ2v) is 30.9. The molecule has 0 fully saturated rings. The number of rotatable bonds is 14. The van der Waals surface area contributed by atoms with Gasteiger partial charge in [-0.05, 0) is 182 Å². The average molecular weight is 1520 g/mol. The lowest BCUT2D eigenvalue weighted by Gasteiger charge is -2.26. The Kier molecular flexibility index (Phi) is 16.3. The summed E-state index contributed by atoms with van der Waals surface area (Å²) in [6.45, 7) is 2.20. The standard InChI is InChI=1S/C111H72N8/c1-71-47-55-100-88(63-71)89-64-85(76-37-19-6-20-38-76)52-60-101(89)118(100)110-105(116-96-56-48-81(72-29-11-2-12-30-72)65-90(96)91-66-82(49-57-97(91)116)73-31-13-3-14-32-73)104(109-113-107(79-43-25-9-26-44-79)112-108(114-109)80-45-27-10-28-46-80)106(117-98-58-50-83(74-33-15-4-16-34-74)67-92(98)93-68-84(51-59-99(93)117)75-35-17-5-18-36-75)111(115-110)119-102-61-53-86(77-39-21-7-22-40-77)69-94(102)95-70-87(54-62-103(95)119)78-41-23-8-24-42-78/h2-70H,1H3. The number of hydrogen-bond acceptors (Lipinski definition) is 4. The van der Waals surface area contributed by atoms with E-state index in [0.29, 0.717) is 34.7 Å². The van der Waals surface area contributed by atoms with Gasteiger partial charge in [0, 0.05) is 54.2 Å². The van der Waals surface area contributed by atoms with Crippen LogP contribution >= 0.6 is 0 Å². The third kappa shape index (κ3) is 11.7. The number of fused-ring (bicyclic) bond motifs is 12. The Morgan fingerprint density at radius 1 is 0.160 bits per heavy atom. The quantitative estimate of drug-likeness (QED) is 0.109. The molecule has 0 bridgehead atoms. The van der Waals surface area contributed by atoms with Gasteiger partial charge in [0.05, 0.1) is 49.7 Å². The minimum atomic E-state index is 0.433. The summed E-state index contributed by atoms with van der Waals surface area (Å²) < 4.78 is 9.94. The molecule has 23 rings (SSSR count). The molecule has 0 aliphatic carbocycles. The Morgan fingerprint density at radius 3 is 0.588 bits per heavy atom. The molecule has 0 aliphatic rings. The van der Waals surface area contributed by atoms with Crippen LogP contribution in [0.5, 0.6) is 0 Å². The number of benzene rings is 17. The van der Waals surface area contributed by atoms with E-state index in [4.69, 9.17) is 19.9 Å². The maximum absolute atomic E-state index is 6.88. The highest BCUT2D eigenvalue weighted by molar-refractivity contribution is 6.18. The van der Waals surface area contributed by atoms with Crippen LogP contribution in [0.4, 0.5) is 0 Å². The van der Waals surface area contributed by atoms with Crippen molar-refractivity contribution >= 4 is 87.2 Å². The van der Waals surface area contributed by atoms with Crippen LogP contribution in [0.2, 0.25) is 0 Å². The van der Waals surface area contributed by atoms with Crippen LogP contribution in [-0.4, -0.2) is 38.2 Å². The van der Waals surface area contributed by atoms with Crippen molar-refractivity contribution in [2.75, 3.05) is 0 Å². The monoisotopic (exact) mass is 1520 g/mol. The minimum absolute atomic E-state index is 0.433. The van der Waals surface area contributed by atoms with Gasteiger partial charge in [-0.25, -0.2) is 19.9 Å². The lowest BCUT2D eigenvalue weighted by Crippen LogP contribution is -2.17. The molecule has 0 unspecified atom stereocenters. The zero-order valence-electron chi connectivity index (χ0n) is 64.9. The Bertz CT molecular complexity index is 7570. The fourth-order valence-corrected chi connectivity index (χ4v) is 18.2. The highest BCUT2D eigenvalue weighted by atomic mass is 15.2. The SMILES string of the molecule is Cc1ccc2c(c1)c1cc(-c3ccccc3)ccc1n2-c1nc(-n2c3ccc(-c4ccccc4)cc3c3cc(-c4ccccc4)ccc32)c(-n2c3ccc(-c4ccccc4)cc3c3cc(-c4ccccc4)ccc32)c(-c2nc(-c3ccccc3)nc(-c3ccccc3)n2)c1-n1c2ccc(-c3ccccc3)cc2c2cc(-c3ccccc3)ccc21. The lowest BCUT2D eigenvalue weighted by atomic mass is 10.0. The summed E-state index contributed by atoms with van der Waals surface area (Å²) >= 11 is 0. The molecule has 119 heavy (non-hydrogen) atoms. The summed E-state index contributed by atoms with van der Waals surface area (Å²) in [6.07, 6.45) is 0. The maximum Gasteiger partial charge on any atom is 0.168 e. The van der Waals surface area contributed by atoms with Crippen LogP contribution < -0.4 is 0 Å². The van der Waals surface area contributed by atoms with Gasteiger partial charge in [0.2, 0.25) is 0 Å². The summed E-state index contributed by atoms with van der Waals surface area (Å²) in [6, 6.07) is 152. The summed E-state index contributed by atoms with van der Waals surface area (Å²) in [5.74, 6) is 2.74. The van der Waals surface area contributed by atoms with E-state index in [2.05, 4.69) is 444 Å². The van der Waals surface area contributed by atoms with E-state index in [1.807, 2.05) is 0 Å². The van der Waals surface area contributed by atoms with E-state index in [1.54, 1.807) is 0 Å². The van der Waals surface area contributed by atoms with Crippen LogP contribution in [0.1, 0.15) is 5.56 Å². The molecular weight excluding hydrogens is 1450 g/mol. The van der Waals surface area contributed by atoms with Crippen molar-refractivity contribution in [1.82, 2.24) is 38.2 Å². The van der Waals surface area contributed by atoms with Crippen molar-refractivity contribution in [3.05, 3.63) is 424 Å². The first-order valence-corrected chi connectivity index (χ1v) is 40.6. The predicted octanol–water partition coefficient (Wildman–Crippen LogP) is 28.6. The zero-order chi connectivity index (χ0) is 78.6. The van der Waals surface area contributed by atoms with E-state index in [1.165, 1.54) is 0 Å². The van der Waals surface area contributed by atoms with Crippen molar-refractivity contribution in [1.29, 1.82) is 0 Å². The smallest absolute Gasteiger partial charge is 0.168 e. The normalized spacial score (nSPS) is 11.7. The molecule has 8 nitrogen and oxygen atoms in total. The van der Waals surface area contributed by atoms with E-state index in [0.717, 1.165) is 193 Å². The first-order chi connectivity index (χ1) is 58.9. The number of aromatic nitrogens is 8. The molecule has 0 spiro atoms. The zero-order valence-corrected chi connectivity index (χ0v) is 64.9. The molecule has 0 N–H and O–H groups in total. The van der Waals surface area contributed by atoms with E-state index < -0.39 is 0 Å². The van der Waals surface area contributed by atoms with Crippen LogP contribution in [0.3, 0.4) is 0 Å². The van der Waals surface area contributed by atoms with Crippen LogP contribution in [0, 0.1) is 6.92 Å². The van der Waals surface area contributed by atoms with Crippen molar-refractivity contribution in [3.63, 3.8) is 0 Å². The lowest BCUT2D eigenvalue weighted by molar-refractivity contribution is 0.952. The van der Waals surface area contributed by atoms with Gasteiger partial charge in [-0.3, -0.25) is 9.13 Å². The molecule has 0 atom stereocenters. The fraction of sp³-hybridized carbons (Fsp3) is 0.00901. The highest BCUT2D eigenvalue weighted by Gasteiger charge is 2.36. The summed E-state index contributed by atoms with van der Waals surface area (Å²) in [5, 5.41) is 8.51. The van der Waals surface area contributed by atoms with Crippen LogP contribution in [-0.2, 0) is 0 Å².